The molecule has 1 N–H and O–H groups in total. The van der Waals surface area contributed by atoms with E-state index in [0.29, 0.717) is 0 Å². The highest BCUT2D eigenvalue weighted by Crippen LogP contribution is 2.03. The molecule has 3 aromatic carbocycles. The Labute approximate surface area is 156 Å². The van der Waals surface area contributed by atoms with E-state index >= 15 is 0 Å². The molecule has 0 aromatic heterocycles. The van der Waals surface area contributed by atoms with Crippen LogP contribution in [-0.4, -0.2) is 17.0 Å². The van der Waals surface area contributed by atoms with Gasteiger partial charge in [0, 0.05) is 0 Å². The fraction of sp³-hybridized carbons (Fsp3) is 0. The van der Waals surface area contributed by atoms with Gasteiger partial charge in [-0.25, -0.2) is 4.79 Å². The first-order valence-corrected chi connectivity index (χ1v) is 9.51. The molecular formula is C20H15IO4. The van der Waals surface area contributed by atoms with Crippen LogP contribution >= 0.6 is 0 Å². The van der Waals surface area contributed by atoms with Crippen LogP contribution in [0.15, 0.2) is 84.9 Å². The van der Waals surface area contributed by atoms with Crippen molar-refractivity contribution in [1.82, 2.24) is 0 Å². The highest BCUT2D eigenvalue weighted by Gasteiger charge is 2.12. The lowest BCUT2D eigenvalue weighted by Gasteiger charge is -2.01. The van der Waals surface area contributed by atoms with Crippen LogP contribution < -0.4 is 26.3 Å². The van der Waals surface area contributed by atoms with Gasteiger partial charge in [-0.05, 0) is 42.0 Å². The van der Waals surface area contributed by atoms with E-state index < -0.39 is 11.9 Å². The molecule has 3 aromatic rings. The van der Waals surface area contributed by atoms with Crippen molar-refractivity contribution in [2.45, 2.75) is 0 Å². The zero-order valence-electron chi connectivity index (χ0n) is 13.1. The molecule has 0 aliphatic heterocycles. The van der Waals surface area contributed by atoms with Crippen LogP contribution in [0.25, 0.3) is 0 Å². The molecule has 0 heterocycles. The molecule has 4 nitrogen and oxygen atoms in total. The Morgan fingerprint density at radius 3 is 1.64 bits per heavy atom. The summed E-state index contributed by atoms with van der Waals surface area (Å²) >= 11 is 0.0287. The molecule has 0 aliphatic carbocycles. The van der Waals surface area contributed by atoms with E-state index in [0.717, 1.165) is 6.07 Å². The Balaban J connectivity index is 0.000000181. The smallest absolute Gasteiger partial charge is 0.357 e. The normalized spacial score (nSPS) is 9.60. The molecule has 0 bridgehead atoms. The Hall–Kier alpha value is -2.67. The van der Waals surface area contributed by atoms with Gasteiger partial charge in [-0.3, -0.25) is 0 Å². The van der Waals surface area contributed by atoms with E-state index in [2.05, 4.69) is 60.7 Å². The summed E-state index contributed by atoms with van der Waals surface area (Å²) in [5, 5.41) is 18.7. The van der Waals surface area contributed by atoms with Crippen molar-refractivity contribution in [3.63, 3.8) is 0 Å². The molecule has 25 heavy (non-hydrogen) atoms. The number of benzene rings is 3. The first-order chi connectivity index (χ1) is 12.1. The lowest BCUT2D eigenvalue weighted by molar-refractivity contribution is -0.597. The van der Waals surface area contributed by atoms with Crippen molar-refractivity contribution in [2.75, 3.05) is 0 Å². The number of aromatic carboxylic acids is 2. The van der Waals surface area contributed by atoms with Crippen molar-refractivity contribution < 1.29 is 41.0 Å². The Bertz CT molecular complexity index is 766. The van der Waals surface area contributed by atoms with E-state index in [-0.39, 0.29) is 32.3 Å². The summed E-state index contributed by atoms with van der Waals surface area (Å²) in [5.41, 5.74) is -0.188. The second-order valence-electron chi connectivity index (χ2n) is 4.86. The van der Waals surface area contributed by atoms with E-state index in [1.807, 2.05) is 0 Å². The van der Waals surface area contributed by atoms with Gasteiger partial charge < -0.3 is 15.0 Å². The van der Waals surface area contributed by atoms with Crippen molar-refractivity contribution in [3.8, 4) is 0 Å². The maximum Gasteiger partial charge on any atom is 0.357 e. The first kappa shape index (κ1) is 18.7. The average molecular weight is 446 g/mol. The quantitative estimate of drug-likeness (QED) is 0.552. The van der Waals surface area contributed by atoms with Crippen molar-refractivity contribution in [3.05, 3.63) is 103 Å². The SMILES string of the molecule is O=C([O-])c1cccc(C(=O)O)c1.c1ccc([I+]c2ccccc2)cc1. The summed E-state index contributed by atoms with van der Waals surface area (Å²) in [6, 6.07) is 26.4. The summed E-state index contributed by atoms with van der Waals surface area (Å²) in [7, 11) is 0. The fourth-order valence-corrected chi connectivity index (χ4v) is 4.13. The number of rotatable bonds is 4. The third-order valence-electron chi connectivity index (χ3n) is 3.03. The zero-order valence-corrected chi connectivity index (χ0v) is 15.3. The number of hydrogen-bond acceptors (Lipinski definition) is 3. The van der Waals surface area contributed by atoms with Gasteiger partial charge in [-0.15, -0.1) is 0 Å². The molecule has 0 atom stereocenters. The van der Waals surface area contributed by atoms with Gasteiger partial charge in [-0.1, -0.05) is 48.5 Å². The van der Waals surface area contributed by atoms with Crippen LogP contribution in [0.1, 0.15) is 20.7 Å². The minimum Gasteiger partial charge on any atom is -0.545 e. The second kappa shape index (κ2) is 9.58. The van der Waals surface area contributed by atoms with E-state index in [1.165, 1.54) is 25.3 Å². The van der Waals surface area contributed by atoms with Crippen LogP contribution in [0.4, 0.5) is 0 Å². The highest BCUT2D eigenvalue weighted by atomic mass is 127. The predicted molar refractivity (Wildman–Crippen MR) is 88.0 cm³/mol. The van der Waals surface area contributed by atoms with Crippen molar-refractivity contribution >= 4 is 11.9 Å². The molecule has 0 fully saturated rings. The lowest BCUT2D eigenvalue weighted by Crippen LogP contribution is -3.61. The number of hydrogen-bond donors (Lipinski definition) is 1. The van der Waals surface area contributed by atoms with Crippen molar-refractivity contribution in [2.24, 2.45) is 0 Å². The summed E-state index contributed by atoms with van der Waals surface area (Å²) < 4.78 is 2.96. The molecule has 126 valence electrons. The van der Waals surface area contributed by atoms with E-state index in [9.17, 15) is 14.7 Å². The number of carbonyl (C=O) groups is 2. The largest absolute Gasteiger partial charge is 0.545 e. The zero-order chi connectivity index (χ0) is 18.1. The van der Waals surface area contributed by atoms with Gasteiger partial charge in [-0.2, -0.15) is 0 Å². The molecule has 3 rings (SSSR count). The standard InChI is InChI=1S/C12H10I.C8H6O4/c1-3-7-11(8-4-1)13-12-9-5-2-6-10-12;9-7(10)5-2-1-3-6(4-5)8(11)12/h1-10H;1-4H,(H,9,10)(H,11,12)/q+1;/p-1. The van der Waals surface area contributed by atoms with Gasteiger partial charge in [0.15, 0.2) is 7.14 Å². The molecule has 0 unspecified atom stereocenters. The molecule has 0 saturated carbocycles. The monoisotopic (exact) mass is 446 g/mol. The van der Waals surface area contributed by atoms with Gasteiger partial charge in [0.05, 0.1) is 11.5 Å². The summed E-state index contributed by atoms with van der Waals surface area (Å²) in [6.45, 7) is 0. The molecule has 5 heteroatoms. The molecule has 0 aliphatic rings. The summed E-state index contributed by atoms with van der Waals surface area (Å²) in [6.07, 6.45) is 0. The number of halogens is 1. The average Bonchev–Trinajstić information content (AvgIpc) is 2.64. The van der Waals surface area contributed by atoms with Crippen LogP contribution in [-0.2, 0) is 0 Å². The second-order valence-corrected chi connectivity index (χ2v) is 7.89. The molecular weight excluding hydrogens is 431 g/mol. The lowest BCUT2D eigenvalue weighted by atomic mass is 10.1. The first-order valence-electron chi connectivity index (χ1n) is 7.36. The Morgan fingerprint density at radius 1 is 0.720 bits per heavy atom. The highest BCUT2D eigenvalue weighted by molar-refractivity contribution is 5.92. The minimum absolute atomic E-state index is 0.0287. The third-order valence-corrected chi connectivity index (χ3v) is 5.71. The van der Waals surface area contributed by atoms with Crippen LogP contribution in [0, 0.1) is 7.14 Å². The van der Waals surface area contributed by atoms with Crippen LogP contribution in [0.2, 0.25) is 0 Å². The van der Waals surface area contributed by atoms with E-state index in [4.69, 9.17) is 5.11 Å². The van der Waals surface area contributed by atoms with Gasteiger partial charge >= 0.3 is 27.2 Å². The topological polar surface area (TPSA) is 77.4 Å². The molecule has 0 spiro atoms. The number of carboxylic acid groups (broad SMARTS) is 2. The summed E-state index contributed by atoms with van der Waals surface area (Å²) in [5.74, 6) is -2.53. The van der Waals surface area contributed by atoms with Gasteiger partial charge in [0.25, 0.3) is 0 Å². The minimum atomic E-state index is -1.38. The Morgan fingerprint density at radius 2 is 1.20 bits per heavy atom. The number of carbonyl (C=O) groups excluding carboxylic acids is 1. The maximum absolute atomic E-state index is 10.4. The molecule has 0 radical (unpaired) electrons. The van der Waals surface area contributed by atoms with Gasteiger partial charge in [0.2, 0.25) is 0 Å². The van der Waals surface area contributed by atoms with Crippen molar-refractivity contribution in [1.29, 1.82) is 0 Å². The fourth-order valence-electron chi connectivity index (χ4n) is 1.86. The Kier molecular flexibility index (Phi) is 7.16. The van der Waals surface area contributed by atoms with E-state index in [1.54, 1.807) is 0 Å². The molecule has 0 saturated heterocycles. The van der Waals surface area contributed by atoms with Crippen LogP contribution in [0.3, 0.4) is 0 Å². The summed E-state index contributed by atoms with van der Waals surface area (Å²) in [4.78, 5) is 20.6. The number of carboxylic acids is 2. The third kappa shape index (κ3) is 6.39. The molecule has 0 amide bonds. The predicted octanol–water partition coefficient (Wildman–Crippen LogP) is -0.437. The van der Waals surface area contributed by atoms with Crippen LogP contribution in [0.5, 0.6) is 0 Å². The van der Waals surface area contributed by atoms with Gasteiger partial charge in [0.1, 0.15) is 0 Å². The maximum atomic E-state index is 10.4.